The zero-order chi connectivity index (χ0) is 15.0. The fourth-order valence-corrected chi connectivity index (χ4v) is 2.28. The number of rotatable bonds is 6. The van der Waals surface area contributed by atoms with Gasteiger partial charge in [-0.25, -0.2) is 4.79 Å². The Labute approximate surface area is 122 Å². The maximum atomic E-state index is 12.0. The summed E-state index contributed by atoms with van der Waals surface area (Å²) >= 11 is 0. The van der Waals surface area contributed by atoms with Crippen LogP contribution in [0.15, 0.2) is 0 Å². The minimum atomic E-state index is -0.268. The van der Waals surface area contributed by atoms with Gasteiger partial charge in [0.15, 0.2) is 0 Å². The van der Waals surface area contributed by atoms with Crippen LogP contribution in [0, 0.1) is 0 Å². The summed E-state index contributed by atoms with van der Waals surface area (Å²) in [5.41, 5.74) is 0. The third kappa shape index (κ3) is 5.80. The Morgan fingerprint density at radius 3 is 2.15 bits per heavy atom. The van der Waals surface area contributed by atoms with E-state index in [1.165, 1.54) is 12.8 Å². The van der Waals surface area contributed by atoms with Gasteiger partial charge in [-0.1, -0.05) is 26.2 Å². The molecule has 0 aromatic rings. The molecule has 0 aliphatic carbocycles. The molecule has 5 nitrogen and oxygen atoms in total. The van der Waals surface area contributed by atoms with Gasteiger partial charge in [0.2, 0.25) is 5.91 Å². The van der Waals surface area contributed by atoms with Gasteiger partial charge in [-0.05, 0) is 20.3 Å². The van der Waals surface area contributed by atoms with E-state index >= 15 is 0 Å². The highest BCUT2D eigenvalue weighted by Gasteiger charge is 2.24. The first-order valence-corrected chi connectivity index (χ1v) is 7.78. The summed E-state index contributed by atoms with van der Waals surface area (Å²) in [5, 5.41) is 0. The third-order valence-corrected chi connectivity index (χ3v) is 3.47. The molecule has 20 heavy (non-hydrogen) atoms. The quantitative estimate of drug-likeness (QED) is 0.705. The van der Waals surface area contributed by atoms with Crippen molar-refractivity contribution in [3.05, 3.63) is 0 Å². The Hall–Kier alpha value is -1.26. The Bertz CT molecular complexity index is 310. The second kappa shape index (κ2) is 8.82. The first-order chi connectivity index (χ1) is 9.54. The summed E-state index contributed by atoms with van der Waals surface area (Å²) in [4.78, 5) is 27.3. The van der Waals surface area contributed by atoms with Crippen molar-refractivity contribution in [3.8, 4) is 0 Å². The van der Waals surface area contributed by atoms with Crippen LogP contribution in [0.25, 0.3) is 0 Å². The molecule has 1 saturated heterocycles. The van der Waals surface area contributed by atoms with Crippen molar-refractivity contribution >= 4 is 12.0 Å². The summed E-state index contributed by atoms with van der Waals surface area (Å²) in [7, 11) is 0. The van der Waals surface area contributed by atoms with Crippen LogP contribution in [0.2, 0.25) is 0 Å². The highest BCUT2D eigenvalue weighted by Crippen LogP contribution is 2.09. The van der Waals surface area contributed by atoms with E-state index in [1.54, 1.807) is 4.90 Å². The first kappa shape index (κ1) is 16.8. The molecule has 1 heterocycles. The Morgan fingerprint density at radius 1 is 1.00 bits per heavy atom. The molecule has 0 spiro atoms. The van der Waals surface area contributed by atoms with Gasteiger partial charge in [0.1, 0.15) is 0 Å². The van der Waals surface area contributed by atoms with Crippen molar-refractivity contribution in [1.29, 1.82) is 0 Å². The van der Waals surface area contributed by atoms with E-state index in [1.807, 2.05) is 18.7 Å². The molecular formula is C15H28N2O3. The highest BCUT2D eigenvalue weighted by molar-refractivity contribution is 5.76. The van der Waals surface area contributed by atoms with Crippen LogP contribution in [-0.2, 0) is 9.53 Å². The lowest BCUT2D eigenvalue weighted by Crippen LogP contribution is -2.51. The molecule has 0 radical (unpaired) electrons. The molecule has 1 rings (SSSR count). The molecule has 1 aliphatic heterocycles. The van der Waals surface area contributed by atoms with Gasteiger partial charge in [-0.2, -0.15) is 0 Å². The molecule has 0 atom stereocenters. The van der Waals surface area contributed by atoms with Crippen LogP contribution < -0.4 is 0 Å². The summed E-state index contributed by atoms with van der Waals surface area (Å²) in [6, 6.07) is 0. The van der Waals surface area contributed by atoms with E-state index in [4.69, 9.17) is 4.74 Å². The van der Waals surface area contributed by atoms with Crippen LogP contribution in [0.4, 0.5) is 4.79 Å². The molecule has 0 aromatic carbocycles. The van der Waals surface area contributed by atoms with Crippen LogP contribution in [0.5, 0.6) is 0 Å². The molecule has 5 heteroatoms. The van der Waals surface area contributed by atoms with Crippen molar-refractivity contribution in [2.75, 3.05) is 26.2 Å². The fraction of sp³-hybridized carbons (Fsp3) is 0.867. The lowest BCUT2D eigenvalue weighted by atomic mass is 10.1. The summed E-state index contributed by atoms with van der Waals surface area (Å²) in [5.74, 6) is 0.220. The molecule has 0 saturated carbocycles. The number of piperazine rings is 1. The second-order valence-electron chi connectivity index (χ2n) is 5.61. The standard InChI is InChI=1S/C15H28N2O3/c1-4-5-6-7-8-14(18)16-9-11-17(12-10-16)15(19)20-13(2)3/h13H,4-12H2,1-3H3. The van der Waals surface area contributed by atoms with E-state index in [9.17, 15) is 9.59 Å². The summed E-state index contributed by atoms with van der Waals surface area (Å²) in [6.07, 6.45) is 4.75. The summed E-state index contributed by atoms with van der Waals surface area (Å²) < 4.78 is 5.16. The molecule has 0 unspecified atom stereocenters. The predicted octanol–water partition coefficient (Wildman–Crippen LogP) is 2.65. The topological polar surface area (TPSA) is 49.9 Å². The monoisotopic (exact) mass is 284 g/mol. The molecule has 0 bridgehead atoms. The van der Waals surface area contributed by atoms with Gasteiger partial charge >= 0.3 is 6.09 Å². The maximum Gasteiger partial charge on any atom is 0.410 e. The number of hydrogen-bond donors (Lipinski definition) is 0. The minimum Gasteiger partial charge on any atom is -0.447 e. The average molecular weight is 284 g/mol. The lowest BCUT2D eigenvalue weighted by Gasteiger charge is -2.34. The van der Waals surface area contributed by atoms with Crippen molar-refractivity contribution in [3.63, 3.8) is 0 Å². The zero-order valence-corrected chi connectivity index (χ0v) is 13.1. The highest BCUT2D eigenvalue weighted by atomic mass is 16.6. The molecule has 116 valence electrons. The molecule has 0 aromatic heterocycles. The van der Waals surface area contributed by atoms with Crippen LogP contribution in [0.1, 0.15) is 52.9 Å². The molecule has 1 fully saturated rings. The lowest BCUT2D eigenvalue weighted by molar-refractivity contribution is -0.133. The predicted molar refractivity (Wildman–Crippen MR) is 78.5 cm³/mol. The number of hydrogen-bond acceptors (Lipinski definition) is 3. The third-order valence-electron chi connectivity index (χ3n) is 3.47. The fourth-order valence-electron chi connectivity index (χ4n) is 2.28. The SMILES string of the molecule is CCCCCCC(=O)N1CCN(C(=O)OC(C)C)CC1. The Balaban J connectivity index is 2.24. The van der Waals surface area contributed by atoms with Gasteiger partial charge in [0.05, 0.1) is 6.10 Å². The van der Waals surface area contributed by atoms with Crippen molar-refractivity contribution in [2.45, 2.75) is 59.0 Å². The van der Waals surface area contributed by atoms with Gasteiger partial charge in [-0.3, -0.25) is 4.79 Å². The van der Waals surface area contributed by atoms with Crippen molar-refractivity contribution in [1.82, 2.24) is 9.80 Å². The average Bonchev–Trinajstić information content (AvgIpc) is 2.43. The van der Waals surface area contributed by atoms with Crippen LogP contribution in [0.3, 0.4) is 0 Å². The zero-order valence-electron chi connectivity index (χ0n) is 13.1. The minimum absolute atomic E-state index is 0.0965. The molecular weight excluding hydrogens is 256 g/mol. The van der Waals surface area contributed by atoms with E-state index in [2.05, 4.69) is 6.92 Å². The van der Waals surface area contributed by atoms with Gasteiger partial charge < -0.3 is 14.5 Å². The number of nitrogens with zero attached hydrogens (tertiary/aromatic N) is 2. The van der Waals surface area contributed by atoms with Gasteiger partial charge in [0.25, 0.3) is 0 Å². The van der Waals surface area contributed by atoms with Crippen LogP contribution >= 0.6 is 0 Å². The number of amides is 2. The molecule has 2 amide bonds. The maximum absolute atomic E-state index is 12.0. The molecule has 1 aliphatic rings. The van der Waals surface area contributed by atoms with Gasteiger partial charge in [0, 0.05) is 32.6 Å². The first-order valence-electron chi connectivity index (χ1n) is 7.78. The van der Waals surface area contributed by atoms with E-state index in [0.717, 1.165) is 12.8 Å². The number of unbranched alkanes of at least 4 members (excludes halogenated alkanes) is 3. The second-order valence-corrected chi connectivity index (χ2v) is 5.61. The normalized spacial score (nSPS) is 15.6. The van der Waals surface area contributed by atoms with E-state index in [0.29, 0.717) is 32.6 Å². The number of carbonyl (C=O) groups excluding carboxylic acids is 2. The van der Waals surface area contributed by atoms with Crippen molar-refractivity contribution in [2.24, 2.45) is 0 Å². The van der Waals surface area contributed by atoms with Crippen molar-refractivity contribution < 1.29 is 14.3 Å². The van der Waals surface area contributed by atoms with Crippen LogP contribution in [-0.4, -0.2) is 54.1 Å². The smallest absolute Gasteiger partial charge is 0.410 e. The summed E-state index contributed by atoms with van der Waals surface area (Å²) in [6.45, 7) is 8.25. The van der Waals surface area contributed by atoms with E-state index in [-0.39, 0.29) is 18.1 Å². The molecule has 0 N–H and O–H groups in total. The van der Waals surface area contributed by atoms with Gasteiger partial charge in [-0.15, -0.1) is 0 Å². The van der Waals surface area contributed by atoms with E-state index < -0.39 is 0 Å². The number of carbonyl (C=O) groups is 2. The largest absolute Gasteiger partial charge is 0.447 e. The Morgan fingerprint density at radius 2 is 1.60 bits per heavy atom. The Kier molecular flexibility index (Phi) is 7.41. The number of ether oxygens (including phenoxy) is 1.